The Kier molecular flexibility index (Phi) is 4.59. The van der Waals surface area contributed by atoms with E-state index in [0.29, 0.717) is 0 Å². The lowest BCUT2D eigenvalue weighted by Crippen LogP contribution is -2.26. The van der Waals surface area contributed by atoms with Crippen LogP contribution in [0.4, 0.5) is 0 Å². The van der Waals surface area contributed by atoms with Crippen LogP contribution in [0.5, 0.6) is 0 Å². The zero-order valence-electron chi connectivity index (χ0n) is 10.5. The van der Waals surface area contributed by atoms with Gasteiger partial charge in [-0.15, -0.1) is 0 Å². The maximum atomic E-state index is 12.4. The van der Waals surface area contributed by atoms with Crippen molar-refractivity contribution in [2.75, 3.05) is 7.05 Å². The first-order valence-corrected chi connectivity index (χ1v) is 7.77. The van der Waals surface area contributed by atoms with E-state index >= 15 is 0 Å². The smallest absolute Gasteiger partial charge is 0.244 e. The minimum Gasteiger partial charge on any atom is -0.264 e. The van der Waals surface area contributed by atoms with Gasteiger partial charge in [-0.25, -0.2) is 13.4 Å². The monoisotopic (exact) mass is 331 g/mol. The van der Waals surface area contributed by atoms with Crippen LogP contribution in [0.15, 0.2) is 41.7 Å². The number of halogens is 2. The van der Waals surface area contributed by atoms with Gasteiger partial charge in [-0.3, -0.25) is 4.98 Å². The summed E-state index contributed by atoms with van der Waals surface area (Å²) in [6.45, 7) is 0.205. The van der Waals surface area contributed by atoms with Crippen molar-refractivity contribution in [2.24, 2.45) is 0 Å². The summed E-state index contributed by atoms with van der Waals surface area (Å²) in [5.41, 5.74) is 0.784. The van der Waals surface area contributed by atoms with Gasteiger partial charge in [-0.2, -0.15) is 4.31 Å². The molecule has 106 valence electrons. The fourth-order valence-electron chi connectivity index (χ4n) is 1.56. The highest BCUT2D eigenvalue weighted by Gasteiger charge is 2.22. The van der Waals surface area contributed by atoms with Crippen LogP contribution >= 0.6 is 23.2 Å². The van der Waals surface area contributed by atoms with Crippen molar-refractivity contribution in [3.05, 3.63) is 52.5 Å². The Morgan fingerprint density at radius 3 is 2.65 bits per heavy atom. The molecule has 0 aliphatic rings. The molecule has 0 unspecified atom stereocenters. The molecule has 0 saturated heterocycles. The van der Waals surface area contributed by atoms with Crippen LogP contribution in [0.2, 0.25) is 10.2 Å². The van der Waals surface area contributed by atoms with Crippen LogP contribution in [-0.4, -0.2) is 29.7 Å². The zero-order chi connectivity index (χ0) is 14.8. The third-order valence-corrected chi connectivity index (χ3v) is 5.06. The number of hydrogen-bond donors (Lipinski definition) is 0. The number of hydrogen-bond acceptors (Lipinski definition) is 4. The predicted molar refractivity (Wildman–Crippen MR) is 77.1 cm³/mol. The molecule has 0 aliphatic carbocycles. The van der Waals surface area contributed by atoms with Gasteiger partial charge in [0.1, 0.15) is 10.0 Å². The van der Waals surface area contributed by atoms with Crippen LogP contribution in [0, 0.1) is 0 Å². The quantitative estimate of drug-likeness (QED) is 0.808. The summed E-state index contributed by atoms with van der Waals surface area (Å²) in [5.74, 6) is 0. The Balaban J connectivity index is 2.27. The van der Waals surface area contributed by atoms with Gasteiger partial charge in [0.25, 0.3) is 0 Å². The number of sulfonamides is 1. The van der Waals surface area contributed by atoms with Crippen molar-refractivity contribution in [3.63, 3.8) is 0 Å². The average Bonchev–Trinajstić information content (AvgIpc) is 2.42. The molecule has 2 heterocycles. The average molecular weight is 332 g/mol. The number of rotatable bonds is 4. The molecule has 5 nitrogen and oxygen atoms in total. The second-order valence-corrected chi connectivity index (χ2v) is 6.88. The van der Waals surface area contributed by atoms with E-state index in [2.05, 4.69) is 9.97 Å². The summed E-state index contributed by atoms with van der Waals surface area (Å²) >= 11 is 11.5. The Morgan fingerprint density at radius 1 is 1.30 bits per heavy atom. The van der Waals surface area contributed by atoms with Crippen LogP contribution in [-0.2, 0) is 16.6 Å². The summed E-state index contributed by atoms with van der Waals surface area (Å²) < 4.78 is 25.9. The van der Waals surface area contributed by atoms with Gasteiger partial charge in [-0.05, 0) is 17.7 Å². The number of pyridine rings is 2. The molecular weight excluding hydrogens is 321 g/mol. The summed E-state index contributed by atoms with van der Waals surface area (Å²) in [7, 11) is -2.20. The molecule has 0 bridgehead atoms. The molecule has 2 rings (SSSR count). The second-order valence-electron chi connectivity index (χ2n) is 4.07. The summed E-state index contributed by atoms with van der Waals surface area (Å²) in [6.07, 6.45) is 4.42. The fraction of sp³-hybridized carbons (Fsp3) is 0.167. The van der Waals surface area contributed by atoms with Gasteiger partial charge < -0.3 is 0 Å². The summed E-state index contributed by atoms with van der Waals surface area (Å²) in [4.78, 5) is 7.69. The molecule has 0 saturated carbocycles. The maximum Gasteiger partial charge on any atom is 0.244 e. The molecule has 0 atom stereocenters. The van der Waals surface area contributed by atoms with Gasteiger partial charge in [0.05, 0.1) is 5.02 Å². The van der Waals surface area contributed by atoms with E-state index < -0.39 is 10.0 Å². The standard InChI is InChI=1S/C12H11Cl2N3O2S/c1-17(8-9-3-2-4-15-6-9)20(18,19)10-5-11(13)12(14)16-7-10/h2-7H,8H2,1H3. The van der Waals surface area contributed by atoms with E-state index in [-0.39, 0.29) is 21.6 Å². The van der Waals surface area contributed by atoms with Gasteiger partial charge >= 0.3 is 0 Å². The molecule has 0 fully saturated rings. The van der Waals surface area contributed by atoms with Gasteiger partial charge in [0.15, 0.2) is 0 Å². The Bertz CT molecular complexity index is 708. The largest absolute Gasteiger partial charge is 0.264 e. The molecule has 2 aromatic heterocycles. The molecule has 0 aliphatic heterocycles. The highest BCUT2D eigenvalue weighted by atomic mass is 35.5. The first-order chi connectivity index (χ1) is 9.41. The molecule has 0 spiro atoms. The van der Waals surface area contributed by atoms with Crippen LogP contribution in [0.25, 0.3) is 0 Å². The van der Waals surface area contributed by atoms with Crippen LogP contribution in [0.1, 0.15) is 5.56 Å². The lowest BCUT2D eigenvalue weighted by atomic mass is 10.3. The van der Waals surface area contributed by atoms with Crippen molar-refractivity contribution in [3.8, 4) is 0 Å². The predicted octanol–water partition coefficient (Wildman–Crippen LogP) is 2.60. The minimum absolute atomic E-state index is 0.00158. The fourth-order valence-corrected chi connectivity index (χ4v) is 3.02. The number of aromatic nitrogens is 2. The van der Waals surface area contributed by atoms with E-state index in [1.165, 1.54) is 23.6 Å². The van der Waals surface area contributed by atoms with E-state index in [4.69, 9.17) is 23.2 Å². The Morgan fingerprint density at radius 2 is 2.05 bits per heavy atom. The summed E-state index contributed by atoms with van der Waals surface area (Å²) in [6, 6.07) is 4.83. The third kappa shape index (κ3) is 3.27. The highest BCUT2D eigenvalue weighted by Crippen LogP contribution is 2.24. The number of nitrogens with zero attached hydrogens (tertiary/aromatic N) is 3. The molecule has 0 amide bonds. The SMILES string of the molecule is CN(Cc1cccnc1)S(=O)(=O)c1cnc(Cl)c(Cl)c1. The first-order valence-electron chi connectivity index (χ1n) is 5.57. The molecule has 20 heavy (non-hydrogen) atoms. The molecular formula is C12H11Cl2N3O2S. The second kappa shape index (κ2) is 6.05. The van der Waals surface area contributed by atoms with Crippen molar-refractivity contribution in [1.82, 2.24) is 14.3 Å². The minimum atomic E-state index is -3.68. The van der Waals surface area contributed by atoms with Gasteiger partial charge in [-0.1, -0.05) is 29.3 Å². The van der Waals surface area contributed by atoms with E-state index in [9.17, 15) is 8.42 Å². The molecule has 0 aromatic carbocycles. The van der Waals surface area contributed by atoms with Crippen molar-refractivity contribution >= 4 is 33.2 Å². The molecule has 2 aromatic rings. The first kappa shape index (κ1) is 15.2. The molecule has 8 heteroatoms. The van der Waals surface area contributed by atoms with Crippen molar-refractivity contribution in [1.29, 1.82) is 0 Å². The van der Waals surface area contributed by atoms with Gasteiger partial charge in [0, 0.05) is 32.2 Å². The lowest BCUT2D eigenvalue weighted by Gasteiger charge is -2.17. The van der Waals surface area contributed by atoms with Crippen molar-refractivity contribution in [2.45, 2.75) is 11.4 Å². The highest BCUT2D eigenvalue weighted by molar-refractivity contribution is 7.89. The van der Waals surface area contributed by atoms with E-state index in [1.54, 1.807) is 24.5 Å². The summed E-state index contributed by atoms with van der Waals surface area (Å²) in [5, 5.41) is 0.169. The Hall–Kier alpha value is -1.21. The maximum absolute atomic E-state index is 12.4. The lowest BCUT2D eigenvalue weighted by molar-refractivity contribution is 0.466. The van der Waals surface area contributed by atoms with E-state index in [1.807, 2.05) is 0 Å². The van der Waals surface area contributed by atoms with E-state index in [0.717, 1.165) is 5.56 Å². The van der Waals surface area contributed by atoms with Crippen LogP contribution < -0.4 is 0 Å². The molecule has 0 N–H and O–H groups in total. The third-order valence-electron chi connectivity index (χ3n) is 2.61. The Labute approximate surface area is 127 Å². The normalized spacial score (nSPS) is 11.8. The molecule has 0 radical (unpaired) electrons. The topological polar surface area (TPSA) is 63.2 Å². The van der Waals surface area contributed by atoms with Crippen LogP contribution in [0.3, 0.4) is 0 Å². The van der Waals surface area contributed by atoms with Gasteiger partial charge in [0.2, 0.25) is 10.0 Å². The van der Waals surface area contributed by atoms with Crippen molar-refractivity contribution < 1.29 is 8.42 Å². The zero-order valence-corrected chi connectivity index (χ0v) is 12.8.